The molecule has 0 unspecified atom stereocenters. The summed E-state index contributed by atoms with van der Waals surface area (Å²) in [5.74, 6) is -3.61. The molecule has 116 valence electrons. The summed E-state index contributed by atoms with van der Waals surface area (Å²) in [6, 6.07) is 6.34. The number of rotatable bonds is 2. The smallest absolute Gasteiger partial charge is 0.326 e. The van der Waals surface area contributed by atoms with E-state index in [-0.39, 0.29) is 0 Å². The van der Waals surface area contributed by atoms with Crippen molar-refractivity contribution in [3.05, 3.63) is 34.9 Å². The second-order valence-corrected chi connectivity index (χ2v) is 6.05. The van der Waals surface area contributed by atoms with Gasteiger partial charge in [-0.1, -0.05) is 23.7 Å². The fourth-order valence-corrected chi connectivity index (χ4v) is 3.42. The molecule has 4 atom stereocenters. The third-order valence-corrected chi connectivity index (χ3v) is 4.61. The number of esters is 3. The molecular weight excluding hydrogens is 310 g/mol. The summed E-state index contributed by atoms with van der Waals surface area (Å²) in [5.41, 5.74) is -0.564. The predicted molar refractivity (Wildman–Crippen MR) is 75.8 cm³/mol. The van der Waals surface area contributed by atoms with E-state index in [1.807, 2.05) is 0 Å². The third-order valence-electron chi connectivity index (χ3n) is 4.36. The van der Waals surface area contributed by atoms with Crippen LogP contribution in [0.1, 0.15) is 18.5 Å². The summed E-state index contributed by atoms with van der Waals surface area (Å²) < 4.78 is 9.53. The van der Waals surface area contributed by atoms with E-state index in [1.54, 1.807) is 31.2 Å². The van der Waals surface area contributed by atoms with E-state index in [0.29, 0.717) is 5.02 Å². The zero-order valence-electron chi connectivity index (χ0n) is 12.0. The number of carbonyl (C=O) groups excluding carboxylic acids is 3. The molecule has 0 amide bonds. The first-order valence-corrected chi connectivity index (χ1v) is 7.13. The van der Waals surface area contributed by atoms with Crippen LogP contribution in [0.15, 0.2) is 24.3 Å². The Morgan fingerprint density at radius 3 is 2.50 bits per heavy atom. The van der Waals surface area contributed by atoms with Crippen LogP contribution >= 0.6 is 11.6 Å². The van der Waals surface area contributed by atoms with Crippen molar-refractivity contribution in [3.8, 4) is 0 Å². The number of halogens is 1. The molecule has 1 N–H and O–H groups in total. The minimum atomic E-state index is -1.31. The topological polar surface area (TPSA) is 81.7 Å². The zero-order chi connectivity index (χ0) is 16.1. The SMILES string of the molecule is COC(=O)[C@@]1(C)N[C@@H](c2ccc(Cl)cc2)[C@H]2C(=O)OC(=O)[C@H]21. The summed E-state index contributed by atoms with van der Waals surface area (Å²) in [6.45, 7) is 1.55. The summed E-state index contributed by atoms with van der Waals surface area (Å²) in [6.07, 6.45) is 0. The van der Waals surface area contributed by atoms with Crippen LogP contribution in [0.25, 0.3) is 0 Å². The molecule has 7 heteroatoms. The molecule has 3 rings (SSSR count). The first kappa shape index (κ1) is 15.0. The van der Waals surface area contributed by atoms with Crippen LogP contribution in [-0.2, 0) is 23.9 Å². The van der Waals surface area contributed by atoms with Gasteiger partial charge in [-0.25, -0.2) is 0 Å². The Labute approximate surface area is 131 Å². The first-order valence-electron chi connectivity index (χ1n) is 6.75. The van der Waals surface area contributed by atoms with E-state index in [2.05, 4.69) is 5.32 Å². The van der Waals surface area contributed by atoms with Crippen molar-refractivity contribution >= 4 is 29.5 Å². The Hall–Kier alpha value is -1.92. The molecule has 1 aromatic carbocycles. The van der Waals surface area contributed by atoms with Crippen LogP contribution in [0.3, 0.4) is 0 Å². The van der Waals surface area contributed by atoms with E-state index in [0.717, 1.165) is 5.56 Å². The lowest BCUT2D eigenvalue weighted by atomic mass is 9.80. The Morgan fingerprint density at radius 1 is 1.27 bits per heavy atom. The van der Waals surface area contributed by atoms with Crippen LogP contribution in [0.5, 0.6) is 0 Å². The fraction of sp³-hybridized carbons (Fsp3) is 0.400. The highest BCUT2D eigenvalue weighted by Crippen LogP contribution is 2.48. The van der Waals surface area contributed by atoms with Crippen molar-refractivity contribution in [2.24, 2.45) is 11.8 Å². The number of benzene rings is 1. The van der Waals surface area contributed by atoms with Crippen LogP contribution in [-0.4, -0.2) is 30.6 Å². The summed E-state index contributed by atoms with van der Waals surface area (Å²) >= 11 is 5.87. The normalized spacial score (nSPS) is 33.5. The number of methoxy groups -OCH3 is 1. The Bertz CT molecular complexity index is 658. The molecular formula is C15H14ClNO5. The lowest BCUT2D eigenvalue weighted by Crippen LogP contribution is -2.52. The van der Waals surface area contributed by atoms with Crippen LogP contribution in [0.4, 0.5) is 0 Å². The van der Waals surface area contributed by atoms with Gasteiger partial charge in [0.25, 0.3) is 0 Å². The molecule has 0 spiro atoms. The van der Waals surface area contributed by atoms with Gasteiger partial charge < -0.3 is 9.47 Å². The molecule has 2 saturated heterocycles. The highest BCUT2D eigenvalue weighted by molar-refractivity contribution is 6.30. The van der Waals surface area contributed by atoms with Crippen molar-refractivity contribution in [1.82, 2.24) is 5.32 Å². The first-order chi connectivity index (χ1) is 10.4. The van der Waals surface area contributed by atoms with Gasteiger partial charge in [-0.05, 0) is 24.6 Å². The molecule has 0 aliphatic carbocycles. The molecule has 0 saturated carbocycles. The zero-order valence-corrected chi connectivity index (χ0v) is 12.7. The van der Waals surface area contributed by atoms with Crippen molar-refractivity contribution in [3.63, 3.8) is 0 Å². The lowest BCUT2D eigenvalue weighted by Gasteiger charge is -2.26. The second kappa shape index (κ2) is 5.07. The van der Waals surface area contributed by atoms with E-state index in [9.17, 15) is 14.4 Å². The average molecular weight is 324 g/mol. The Morgan fingerprint density at radius 2 is 1.91 bits per heavy atom. The van der Waals surface area contributed by atoms with Crippen LogP contribution in [0, 0.1) is 11.8 Å². The maximum atomic E-state index is 12.1. The van der Waals surface area contributed by atoms with E-state index in [4.69, 9.17) is 21.1 Å². The monoisotopic (exact) mass is 323 g/mol. The minimum Gasteiger partial charge on any atom is -0.468 e. The second-order valence-electron chi connectivity index (χ2n) is 5.61. The van der Waals surface area contributed by atoms with Gasteiger partial charge in [0, 0.05) is 11.1 Å². The molecule has 22 heavy (non-hydrogen) atoms. The van der Waals surface area contributed by atoms with Gasteiger partial charge >= 0.3 is 17.9 Å². The third kappa shape index (κ3) is 2.02. The average Bonchev–Trinajstić information content (AvgIpc) is 2.97. The van der Waals surface area contributed by atoms with Crippen LogP contribution < -0.4 is 5.32 Å². The number of nitrogens with one attached hydrogen (secondary N) is 1. The largest absolute Gasteiger partial charge is 0.468 e. The summed E-state index contributed by atoms with van der Waals surface area (Å²) in [4.78, 5) is 36.2. The minimum absolute atomic E-state index is 0.523. The van der Waals surface area contributed by atoms with Gasteiger partial charge in [-0.2, -0.15) is 0 Å². The van der Waals surface area contributed by atoms with Crippen molar-refractivity contribution in [2.75, 3.05) is 7.11 Å². The van der Waals surface area contributed by atoms with E-state index in [1.165, 1.54) is 7.11 Å². The lowest BCUT2D eigenvalue weighted by molar-refractivity contribution is -0.159. The standard InChI is InChI=1S/C15H14ClNO5/c1-15(14(20)21-2)10-9(12(18)22-13(10)19)11(17-15)7-3-5-8(16)6-4-7/h3-6,9-11,17H,1-2H3/t9-,10-,11-,15-/m0/s1. The molecule has 0 radical (unpaired) electrons. The number of cyclic esters (lactones) is 2. The summed E-state index contributed by atoms with van der Waals surface area (Å²) in [5, 5.41) is 3.63. The van der Waals surface area contributed by atoms with Crippen molar-refractivity contribution < 1.29 is 23.9 Å². The fourth-order valence-electron chi connectivity index (χ4n) is 3.30. The number of hydrogen-bond donors (Lipinski definition) is 1. The molecule has 0 aromatic heterocycles. The van der Waals surface area contributed by atoms with Crippen molar-refractivity contribution in [2.45, 2.75) is 18.5 Å². The van der Waals surface area contributed by atoms with E-state index < -0.39 is 41.3 Å². The number of carbonyl (C=O) groups is 3. The maximum Gasteiger partial charge on any atom is 0.326 e. The maximum absolute atomic E-state index is 12.1. The number of fused-ring (bicyclic) bond motifs is 1. The number of hydrogen-bond acceptors (Lipinski definition) is 6. The highest BCUT2D eigenvalue weighted by atomic mass is 35.5. The Kier molecular flexibility index (Phi) is 3.45. The summed E-state index contributed by atoms with van der Waals surface area (Å²) in [7, 11) is 1.24. The van der Waals surface area contributed by atoms with Gasteiger partial charge in [-0.15, -0.1) is 0 Å². The highest BCUT2D eigenvalue weighted by Gasteiger charge is 2.66. The van der Waals surface area contributed by atoms with Gasteiger partial charge in [0.1, 0.15) is 11.5 Å². The number of ether oxygens (including phenoxy) is 2. The molecule has 2 heterocycles. The van der Waals surface area contributed by atoms with Gasteiger partial charge in [0.2, 0.25) is 0 Å². The Balaban J connectivity index is 2.06. The van der Waals surface area contributed by atoms with Gasteiger partial charge in [0.15, 0.2) is 0 Å². The molecule has 2 fully saturated rings. The molecule has 1 aromatic rings. The molecule has 2 aliphatic rings. The quantitative estimate of drug-likeness (QED) is 0.651. The van der Waals surface area contributed by atoms with Gasteiger partial charge in [0.05, 0.1) is 13.0 Å². The van der Waals surface area contributed by atoms with E-state index >= 15 is 0 Å². The predicted octanol–water partition coefficient (Wildman–Crippen LogP) is 1.23. The molecule has 6 nitrogen and oxygen atoms in total. The molecule has 0 bridgehead atoms. The van der Waals surface area contributed by atoms with Crippen molar-refractivity contribution in [1.29, 1.82) is 0 Å². The van der Waals surface area contributed by atoms with Gasteiger partial charge in [-0.3, -0.25) is 19.7 Å². The molecule has 2 aliphatic heterocycles. The van der Waals surface area contributed by atoms with Crippen LogP contribution in [0.2, 0.25) is 5.02 Å².